The molecule has 1 aromatic carbocycles. The van der Waals surface area contributed by atoms with Crippen LogP contribution in [-0.4, -0.2) is 25.1 Å². The van der Waals surface area contributed by atoms with Crippen LogP contribution in [0.5, 0.6) is 0 Å². The highest BCUT2D eigenvalue weighted by Gasteiger charge is 2.13. The molecule has 24 heavy (non-hydrogen) atoms. The maximum atomic E-state index is 13.5. The maximum Gasteiger partial charge on any atom is 0.282 e. The molecule has 120 valence electrons. The van der Waals surface area contributed by atoms with Gasteiger partial charge in [0.1, 0.15) is 17.2 Å². The zero-order valence-corrected chi connectivity index (χ0v) is 14.1. The van der Waals surface area contributed by atoms with Crippen molar-refractivity contribution in [2.24, 2.45) is 0 Å². The fourth-order valence-electron chi connectivity index (χ4n) is 2.16. The number of nitrogens with zero attached hydrogens (tertiary/aromatic N) is 5. The lowest BCUT2D eigenvalue weighted by molar-refractivity contribution is 0.419. The zero-order valence-electron chi connectivity index (χ0n) is 12.4. The summed E-state index contributed by atoms with van der Waals surface area (Å²) in [5, 5.41) is 12.5. The SMILES string of the molecule is Cc1nc(Cc2nnc(Sc3ncnc4ccc(F)cc34)o2)cs1. The van der Waals surface area contributed by atoms with Crippen LogP contribution in [0.2, 0.25) is 0 Å². The first-order chi connectivity index (χ1) is 11.7. The predicted octanol–water partition coefficient (Wildman–Crippen LogP) is 3.66. The van der Waals surface area contributed by atoms with Crippen LogP contribution in [-0.2, 0) is 6.42 Å². The van der Waals surface area contributed by atoms with Gasteiger partial charge in [0.05, 0.1) is 22.6 Å². The van der Waals surface area contributed by atoms with Crippen molar-refractivity contribution in [2.75, 3.05) is 0 Å². The molecule has 4 aromatic rings. The van der Waals surface area contributed by atoms with Gasteiger partial charge >= 0.3 is 0 Å². The van der Waals surface area contributed by atoms with Crippen molar-refractivity contribution in [1.82, 2.24) is 25.1 Å². The molecule has 0 aliphatic carbocycles. The lowest BCUT2D eigenvalue weighted by Gasteiger charge is -2.01. The minimum Gasteiger partial charge on any atom is -0.415 e. The lowest BCUT2D eigenvalue weighted by Crippen LogP contribution is -1.88. The Labute approximate surface area is 144 Å². The Morgan fingerprint density at radius 3 is 3.00 bits per heavy atom. The highest BCUT2D eigenvalue weighted by molar-refractivity contribution is 7.99. The van der Waals surface area contributed by atoms with Gasteiger partial charge in [-0.15, -0.1) is 21.5 Å². The molecule has 9 heteroatoms. The second-order valence-corrected chi connectivity index (χ2v) is 6.94. The first-order valence-corrected chi connectivity index (χ1v) is 8.68. The number of rotatable bonds is 4. The van der Waals surface area contributed by atoms with Crippen LogP contribution in [0.4, 0.5) is 4.39 Å². The van der Waals surface area contributed by atoms with Gasteiger partial charge in [0.25, 0.3) is 5.22 Å². The van der Waals surface area contributed by atoms with E-state index >= 15 is 0 Å². The summed E-state index contributed by atoms with van der Waals surface area (Å²) in [4.78, 5) is 12.7. The molecule has 3 aromatic heterocycles. The van der Waals surface area contributed by atoms with Gasteiger partial charge in [-0.2, -0.15) is 0 Å². The second kappa shape index (κ2) is 6.25. The normalized spacial score (nSPS) is 11.2. The standard InChI is InChI=1S/C15H10FN5OS2/c1-8-19-10(6-23-8)5-13-20-21-15(22-13)24-14-11-4-9(16)2-3-12(11)17-7-18-14/h2-4,6-7H,5H2,1H3. The summed E-state index contributed by atoms with van der Waals surface area (Å²) in [7, 11) is 0. The Balaban J connectivity index is 1.59. The summed E-state index contributed by atoms with van der Waals surface area (Å²) in [5.41, 5.74) is 1.55. The highest BCUT2D eigenvalue weighted by Crippen LogP contribution is 2.30. The van der Waals surface area contributed by atoms with Crippen LogP contribution in [0.3, 0.4) is 0 Å². The van der Waals surface area contributed by atoms with Crippen molar-refractivity contribution in [3.05, 3.63) is 52.3 Å². The third-order valence-corrected chi connectivity index (χ3v) is 4.87. The summed E-state index contributed by atoms with van der Waals surface area (Å²) >= 11 is 2.76. The predicted molar refractivity (Wildman–Crippen MR) is 87.6 cm³/mol. The van der Waals surface area contributed by atoms with Crippen LogP contribution in [0.15, 0.2) is 44.6 Å². The Hall–Kier alpha value is -2.39. The first kappa shape index (κ1) is 15.2. The average Bonchev–Trinajstić information content (AvgIpc) is 3.17. The third kappa shape index (κ3) is 3.13. The molecule has 0 bridgehead atoms. The molecule has 0 fully saturated rings. The number of aromatic nitrogens is 5. The number of benzene rings is 1. The topological polar surface area (TPSA) is 77.6 Å². The number of thiazole rings is 1. The lowest BCUT2D eigenvalue weighted by atomic mass is 10.2. The maximum absolute atomic E-state index is 13.5. The number of hydrogen-bond acceptors (Lipinski definition) is 8. The van der Waals surface area contributed by atoms with Crippen LogP contribution >= 0.6 is 23.1 Å². The average molecular weight is 359 g/mol. The summed E-state index contributed by atoms with van der Waals surface area (Å²) in [6, 6.07) is 4.37. The van der Waals surface area contributed by atoms with E-state index < -0.39 is 0 Å². The minimum absolute atomic E-state index is 0.343. The smallest absolute Gasteiger partial charge is 0.282 e. The van der Waals surface area contributed by atoms with Crippen molar-refractivity contribution < 1.29 is 8.81 Å². The monoisotopic (exact) mass is 359 g/mol. The molecule has 0 atom stereocenters. The molecule has 3 heterocycles. The van der Waals surface area contributed by atoms with E-state index in [9.17, 15) is 4.39 Å². The van der Waals surface area contributed by atoms with E-state index in [4.69, 9.17) is 4.42 Å². The fraction of sp³-hybridized carbons (Fsp3) is 0.133. The van der Waals surface area contributed by atoms with Crippen LogP contribution < -0.4 is 0 Å². The Morgan fingerprint density at radius 1 is 1.25 bits per heavy atom. The summed E-state index contributed by atoms with van der Waals surface area (Å²) in [5.74, 6) is 0.136. The van der Waals surface area contributed by atoms with Gasteiger partial charge in [0.2, 0.25) is 5.89 Å². The zero-order chi connectivity index (χ0) is 16.5. The molecule has 4 rings (SSSR count). The molecule has 0 N–H and O–H groups in total. The van der Waals surface area contributed by atoms with E-state index in [0.29, 0.717) is 33.5 Å². The molecule has 6 nitrogen and oxygen atoms in total. The van der Waals surface area contributed by atoms with Crippen molar-refractivity contribution in [3.63, 3.8) is 0 Å². The Kier molecular flexibility index (Phi) is 3.95. The molecule has 0 radical (unpaired) electrons. The van der Waals surface area contributed by atoms with Crippen LogP contribution in [0.1, 0.15) is 16.6 Å². The van der Waals surface area contributed by atoms with E-state index in [0.717, 1.165) is 10.7 Å². The van der Waals surface area contributed by atoms with E-state index in [1.807, 2.05) is 12.3 Å². The molecular formula is C15H10FN5OS2. The Bertz CT molecular complexity index is 1020. The quantitative estimate of drug-likeness (QED) is 0.515. The van der Waals surface area contributed by atoms with Gasteiger partial charge in [0, 0.05) is 10.8 Å². The van der Waals surface area contributed by atoms with Gasteiger partial charge in [-0.3, -0.25) is 0 Å². The van der Waals surface area contributed by atoms with Crippen molar-refractivity contribution in [1.29, 1.82) is 0 Å². The molecule has 0 saturated carbocycles. The summed E-state index contributed by atoms with van der Waals surface area (Å²) in [6.07, 6.45) is 1.91. The van der Waals surface area contributed by atoms with Crippen LogP contribution in [0.25, 0.3) is 10.9 Å². The van der Waals surface area contributed by atoms with E-state index in [1.54, 1.807) is 17.4 Å². The molecular weight excluding hydrogens is 349 g/mol. The van der Waals surface area contributed by atoms with E-state index in [1.165, 1.54) is 30.2 Å². The number of fused-ring (bicyclic) bond motifs is 1. The van der Waals surface area contributed by atoms with E-state index in [-0.39, 0.29) is 5.82 Å². The largest absolute Gasteiger partial charge is 0.415 e. The van der Waals surface area contributed by atoms with Gasteiger partial charge in [-0.1, -0.05) is 0 Å². The molecule has 0 saturated heterocycles. The Morgan fingerprint density at radius 2 is 2.17 bits per heavy atom. The van der Waals surface area contributed by atoms with Crippen molar-refractivity contribution >= 4 is 34.0 Å². The number of halogens is 1. The number of hydrogen-bond donors (Lipinski definition) is 0. The number of aryl methyl sites for hydroxylation is 1. The van der Waals surface area contributed by atoms with Crippen molar-refractivity contribution in [2.45, 2.75) is 23.6 Å². The highest BCUT2D eigenvalue weighted by atomic mass is 32.2. The molecule has 0 aliphatic heterocycles. The summed E-state index contributed by atoms with van der Waals surface area (Å²) < 4.78 is 19.1. The minimum atomic E-state index is -0.343. The van der Waals surface area contributed by atoms with Gasteiger partial charge in [-0.25, -0.2) is 19.3 Å². The third-order valence-electron chi connectivity index (χ3n) is 3.19. The van der Waals surface area contributed by atoms with Crippen molar-refractivity contribution in [3.8, 4) is 0 Å². The van der Waals surface area contributed by atoms with Crippen LogP contribution in [0, 0.1) is 12.7 Å². The first-order valence-electron chi connectivity index (χ1n) is 6.99. The van der Waals surface area contributed by atoms with Gasteiger partial charge in [-0.05, 0) is 36.9 Å². The molecule has 0 unspecified atom stereocenters. The molecule has 0 aliphatic rings. The molecule has 0 amide bonds. The second-order valence-electron chi connectivity index (χ2n) is 4.94. The summed E-state index contributed by atoms with van der Waals surface area (Å²) in [6.45, 7) is 1.95. The fourth-order valence-corrected chi connectivity index (χ4v) is 3.54. The van der Waals surface area contributed by atoms with Gasteiger partial charge in [0.15, 0.2) is 0 Å². The van der Waals surface area contributed by atoms with E-state index in [2.05, 4.69) is 25.1 Å². The van der Waals surface area contributed by atoms with Gasteiger partial charge < -0.3 is 4.42 Å². The molecule has 0 spiro atoms.